The van der Waals surface area contributed by atoms with Crippen LogP contribution in [0.15, 0.2) is 12.2 Å². The van der Waals surface area contributed by atoms with E-state index in [9.17, 15) is 14.7 Å². The number of rotatable bonds is 13. The number of carboxylic acid groups (broad SMARTS) is 1. The first-order valence-corrected chi connectivity index (χ1v) is 9.78. The summed E-state index contributed by atoms with van der Waals surface area (Å²) in [7, 11) is 1.84. The van der Waals surface area contributed by atoms with Gasteiger partial charge in [0.25, 0.3) is 0 Å². The third-order valence-electron chi connectivity index (χ3n) is 5.03. The van der Waals surface area contributed by atoms with E-state index in [2.05, 4.69) is 6.92 Å². The van der Waals surface area contributed by atoms with Crippen LogP contribution in [0.2, 0.25) is 0 Å². The Morgan fingerprint density at radius 1 is 1.24 bits per heavy atom. The van der Waals surface area contributed by atoms with Crippen molar-refractivity contribution in [2.45, 2.75) is 77.2 Å². The summed E-state index contributed by atoms with van der Waals surface area (Å²) in [5.74, 6) is -0.364. The number of carbonyl (C=O) groups is 2. The second-order valence-electron chi connectivity index (χ2n) is 7.28. The molecule has 3 unspecified atom stereocenters. The van der Waals surface area contributed by atoms with Crippen molar-refractivity contribution in [3.8, 4) is 0 Å². The Morgan fingerprint density at radius 3 is 2.64 bits per heavy atom. The number of aliphatic carboxylic acids is 1. The molecule has 0 aromatic heterocycles. The number of aliphatic hydroxyl groups is 1. The normalized spacial score (nSPS) is 22.0. The van der Waals surface area contributed by atoms with Crippen molar-refractivity contribution in [2.75, 3.05) is 13.6 Å². The highest BCUT2D eigenvalue weighted by atomic mass is 16.4. The summed E-state index contributed by atoms with van der Waals surface area (Å²) in [6.07, 6.45) is 12.2. The maximum Gasteiger partial charge on any atom is 0.303 e. The summed E-state index contributed by atoms with van der Waals surface area (Å²) in [5.41, 5.74) is 0. The lowest BCUT2D eigenvalue weighted by atomic mass is 9.89. The Morgan fingerprint density at radius 2 is 1.96 bits per heavy atom. The Kier molecular flexibility index (Phi) is 10.5. The molecule has 5 nitrogen and oxygen atoms in total. The van der Waals surface area contributed by atoms with Crippen molar-refractivity contribution < 1.29 is 19.8 Å². The second-order valence-corrected chi connectivity index (χ2v) is 7.28. The van der Waals surface area contributed by atoms with Crippen LogP contribution in [-0.2, 0) is 9.59 Å². The van der Waals surface area contributed by atoms with Crippen molar-refractivity contribution in [3.63, 3.8) is 0 Å². The predicted octanol–water partition coefficient (Wildman–Crippen LogP) is 3.61. The van der Waals surface area contributed by atoms with Crippen LogP contribution in [0.25, 0.3) is 0 Å². The zero-order valence-corrected chi connectivity index (χ0v) is 15.8. The fourth-order valence-corrected chi connectivity index (χ4v) is 3.50. The van der Waals surface area contributed by atoms with Gasteiger partial charge in [-0.15, -0.1) is 0 Å². The molecule has 0 aromatic carbocycles. The van der Waals surface area contributed by atoms with Crippen LogP contribution in [0.4, 0.5) is 0 Å². The van der Waals surface area contributed by atoms with Crippen LogP contribution in [-0.4, -0.2) is 46.7 Å². The van der Waals surface area contributed by atoms with E-state index in [4.69, 9.17) is 5.11 Å². The lowest BCUT2D eigenvalue weighted by Gasteiger charge is -2.14. The minimum atomic E-state index is -0.740. The largest absolute Gasteiger partial charge is 0.481 e. The molecule has 1 amide bonds. The number of likely N-dealkylation sites (tertiary alicyclic amines) is 1. The SMILES string of the molecule is CCCCCC(O)C=CC1CN(C)C(=O)C1CCCCCCC(=O)O. The topological polar surface area (TPSA) is 77.8 Å². The van der Waals surface area contributed by atoms with E-state index in [1.165, 1.54) is 0 Å². The fourth-order valence-electron chi connectivity index (χ4n) is 3.50. The molecule has 3 atom stereocenters. The molecule has 1 fully saturated rings. The molecule has 0 aliphatic carbocycles. The number of hydrogen-bond acceptors (Lipinski definition) is 3. The highest BCUT2D eigenvalue weighted by molar-refractivity contribution is 5.81. The number of carbonyl (C=O) groups excluding carboxylic acids is 1. The van der Waals surface area contributed by atoms with E-state index in [0.29, 0.717) is 6.42 Å². The summed E-state index contributed by atoms with van der Waals surface area (Å²) in [6.45, 7) is 2.87. The average Bonchev–Trinajstić information content (AvgIpc) is 2.83. The van der Waals surface area contributed by atoms with Gasteiger partial charge in [0, 0.05) is 31.8 Å². The highest BCUT2D eigenvalue weighted by Gasteiger charge is 2.36. The fraction of sp³-hybridized carbons (Fsp3) is 0.800. The number of nitrogens with zero attached hydrogens (tertiary/aromatic N) is 1. The highest BCUT2D eigenvalue weighted by Crippen LogP contribution is 2.30. The molecular weight excluding hydrogens is 318 g/mol. The summed E-state index contributed by atoms with van der Waals surface area (Å²) < 4.78 is 0. The van der Waals surface area contributed by atoms with E-state index in [1.807, 2.05) is 19.2 Å². The first-order chi connectivity index (χ1) is 12.0. The van der Waals surface area contributed by atoms with E-state index in [1.54, 1.807) is 4.90 Å². The Bertz CT molecular complexity index is 435. The van der Waals surface area contributed by atoms with E-state index >= 15 is 0 Å². The molecule has 144 valence electrons. The van der Waals surface area contributed by atoms with Gasteiger partial charge < -0.3 is 15.1 Å². The van der Waals surface area contributed by atoms with Crippen LogP contribution in [0, 0.1) is 11.8 Å². The van der Waals surface area contributed by atoms with E-state index in [0.717, 1.165) is 57.9 Å². The van der Waals surface area contributed by atoms with Gasteiger partial charge >= 0.3 is 5.97 Å². The second kappa shape index (κ2) is 12.1. The van der Waals surface area contributed by atoms with Gasteiger partial charge in [-0.25, -0.2) is 0 Å². The average molecular weight is 354 g/mol. The minimum Gasteiger partial charge on any atom is -0.481 e. The smallest absolute Gasteiger partial charge is 0.303 e. The van der Waals surface area contributed by atoms with Gasteiger partial charge in [-0.1, -0.05) is 57.6 Å². The molecule has 1 aliphatic heterocycles. The molecular formula is C20H35NO4. The van der Waals surface area contributed by atoms with Gasteiger partial charge in [0.2, 0.25) is 5.91 Å². The zero-order valence-electron chi connectivity index (χ0n) is 15.8. The number of amides is 1. The number of carboxylic acids is 1. The van der Waals surface area contributed by atoms with Crippen molar-refractivity contribution in [1.29, 1.82) is 0 Å². The van der Waals surface area contributed by atoms with Gasteiger partial charge in [-0.3, -0.25) is 9.59 Å². The van der Waals surface area contributed by atoms with E-state index in [-0.39, 0.29) is 24.2 Å². The van der Waals surface area contributed by atoms with Gasteiger partial charge in [0.15, 0.2) is 0 Å². The zero-order chi connectivity index (χ0) is 18.7. The van der Waals surface area contributed by atoms with Gasteiger partial charge in [-0.05, 0) is 19.3 Å². The molecule has 5 heteroatoms. The minimum absolute atomic E-state index is 0.00330. The summed E-state index contributed by atoms with van der Waals surface area (Å²) in [5, 5.41) is 18.7. The molecule has 2 N–H and O–H groups in total. The lowest BCUT2D eigenvalue weighted by molar-refractivity contribution is -0.137. The molecule has 25 heavy (non-hydrogen) atoms. The first kappa shape index (κ1) is 21.7. The third-order valence-corrected chi connectivity index (χ3v) is 5.03. The Labute approximate surface area is 152 Å². The number of unbranched alkanes of at least 4 members (excludes halogenated alkanes) is 5. The van der Waals surface area contributed by atoms with Crippen LogP contribution >= 0.6 is 0 Å². The van der Waals surface area contributed by atoms with Crippen LogP contribution < -0.4 is 0 Å². The predicted molar refractivity (Wildman–Crippen MR) is 99.2 cm³/mol. The van der Waals surface area contributed by atoms with Crippen LogP contribution in [0.5, 0.6) is 0 Å². The van der Waals surface area contributed by atoms with Gasteiger partial charge in [-0.2, -0.15) is 0 Å². The molecule has 1 rings (SSSR count). The summed E-state index contributed by atoms with van der Waals surface area (Å²) in [4.78, 5) is 24.6. The quantitative estimate of drug-likeness (QED) is 0.392. The standard InChI is InChI=1S/C20H35NO4/c1-3-4-7-10-17(22)14-13-16-15-21(2)20(25)18(16)11-8-5-6-9-12-19(23)24/h13-14,16-18,22H,3-12,15H2,1-2H3,(H,23,24). The van der Waals surface area contributed by atoms with Crippen molar-refractivity contribution in [3.05, 3.63) is 12.2 Å². The van der Waals surface area contributed by atoms with E-state index < -0.39 is 12.1 Å². The molecule has 0 bridgehead atoms. The molecule has 0 aromatic rings. The van der Waals surface area contributed by atoms with Crippen molar-refractivity contribution in [1.82, 2.24) is 4.90 Å². The monoisotopic (exact) mass is 353 g/mol. The van der Waals surface area contributed by atoms with Crippen molar-refractivity contribution >= 4 is 11.9 Å². The Balaban J connectivity index is 2.38. The molecule has 0 radical (unpaired) electrons. The van der Waals surface area contributed by atoms with Crippen LogP contribution in [0.3, 0.4) is 0 Å². The lowest BCUT2D eigenvalue weighted by Crippen LogP contribution is -2.22. The maximum atomic E-state index is 12.3. The molecule has 0 spiro atoms. The molecule has 1 heterocycles. The van der Waals surface area contributed by atoms with Gasteiger partial charge in [0.05, 0.1) is 6.10 Å². The molecule has 0 saturated carbocycles. The molecule has 1 saturated heterocycles. The Hall–Kier alpha value is -1.36. The maximum absolute atomic E-state index is 12.3. The first-order valence-electron chi connectivity index (χ1n) is 9.78. The molecule has 1 aliphatic rings. The number of hydrogen-bond donors (Lipinski definition) is 2. The summed E-state index contributed by atoms with van der Waals surface area (Å²) in [6, 6.07) is 0. The third kappa shape index (κ3) is 8.52. The number of aliphatic hydroxyl groups excluding tert-OH is 1. The van der Waals surface area contributed by atoms with Gasteiger partial charge in [0.1, 0.15) is 0 Å². The van der Waals surface area contributed by atoms with Crippen molar-refractivity contribution in [2.24, 2.45) is 11.8 Å². The van der Waals surface area contributed by atoms with Crippen LogP contribution in [0.1, 0.15) is 71.1 Å². The summed E-state index contributed by atoms with van der Waals surface area (Å²) >= 11 is 0.